The van der Waals surface area contributed by atoms with E-state index in [4.69, 9.17) is 9.47 Å². The second-order valence-electron chi connectivity index (χ2n) is 10.1. The van der Waals surface area contributed by atoms with Gasteiger partial charge in [-0.2, -0.15) is 0 Å². The van der Waals surface area contributed by atoms with Gasteiger partial charge in [-0.3, -0.25) is 13.9 Å². The van der Waals surface area contributed by atoms with E-state index >= 15 is 0 Å². The second kappa shape index (κ2) is 12.1. The van der Waals surface area contributed by atoms with Crippen molar-refractivity contribution in [2.45, 2.75) is 71.0 Å². The van der Waals surface area contributed by atoms with E-state index in [2.05, 4.69) is 5.32 Å². The lowest BCUT2D eigenvalue weighted by Crippen LogP contribution is -2.53. The number of nitrogens with zero attached hydrogens (tertiary/aromatic N) is 2. The number of nitrogens with one attached hydrogen (secondary N) is 1. The van der Waals surface area contributed by atoms with Gasteiger partial charge in [-0.15, -0.1) is 0 Å². The van der Waals surface area contributed by atoms with Gasteiger partial charge in [0, 0.05) is 18.7 Å². The maximum atomic E-state index is 13.9. The van der Waals surface area contributed by atoms with Crippen LogP contribution < -0.4 is 19.1 Å². The summed E-state index contributed by atoms with van der Waals surface area (Å²) in [5.74, 6) is 0.271. The third kappa shape index (κ3) is 6.78. The molecule has 1 fully saturated rings. The van der Waals surface area contributed by atoms with Gasteiger partial charge in [0.15, 0.2) is 11.5 Å². The topological polar surface area (TPSA) is 105 Å². The SMILES string of the molecule is CCC(C(=O)NC1CCCCC1)N(Cc1cccc(C)c1)C(=O)CN(c1ccc2c(c1)OCO2)S(C)(=O)=O. The highest BCUT2D eigenvalue weighted by molar-refractivity contribution is 7.92. The van der Waals surface area contributed by atoms with Crippen molar-refractivity contribution in [2.75, 3.05) is 23.9 Å². The molecule has 0 bridgehead atoms. The van der Waals surface area contributed by atoms with Crippen molar-refractivity contribution < 1.29 is 27.5 Å². The highest BCUT2D eigenvalue weighted by Crippen LogP contribution is 2.36. The molecular weight excluding hydrogens is 506 g/mol. The summed E-state index contributed by atoms with van der Waals surface area (Å²) in [4.78, 5) is 28.8. The van der Waals surface area contributed by atoms with E-state index in [1.165, 1.54) is 11.3 Å². The number of hydrogen-bond acceptors (Lipinski definition) is 6. The summed E-state index contributed by atoms with van der Waals surface area (Å²) in [6.45, 7) is 3.63. The van der Waals surface area contributed by atoms with Crippen molar-refractivity contribution in [1.29, 1.82) is 0 Å². The summed E-state index contributed by atoms with van der Waals surface area (Å²) < 4.78 is 37.5. The van der Waals surface area contributed by atoms with Crippen molar-refractivity contribution in [3.05, 3.63) is 53.6 Å². The molecule has 1 saturated carbocycles. The molecule has 1 aliphatic carbocycles. The van der Waals surface area contributed by atoms with Gasteiger partial charge in [0.25, 0.3) is 0 Å². The molecule has 2 aromatic rings. The number of ether oxygens (including phenoxy) is 2. The third-order valence-corrected chi connectivity index (χ3v) is 8.24. The number of rotatable bonds is 10. The Balaban J connectivity index is 1.62. The highest BCUT2D eigenvalue weighted by Gasteiger charge is 2.33. The minimum Gasteiger partial charge on any atom is -0.454 e. The van der Waals surface area contributed by atoms with E-state index in [1.54, 1.807) is 18.2 Å². The molecule has 4 rings (SSSR count). The van der Waals surface area contributed by atoms with Crippen LogP contribution >= 0.6 is 0 Å². The molecule has 0 saturated heterocycles. The average molecular weight is 544 g/mol. The molecule has 0 aromatic heterocycles. The monoisotopic (exact) mass is 543 g/mol. The number of aryl methyl sites for hydroxylation is 1. The number of carbonyl (C=O) groups excluding carboxylic acids is 2. The van der Waals surface area contributed by atoms with Crippen LogP contribution in [0.4, 0.5) is 5.69 Å². The summed E-state index contributed by atoms with van der Waals surface area (Å²) >= 11 is 0. The lowest BCUT2D eigenvalue weighted by atomic mass is 9.95. The van der Waals surface area contributed by atoms with Crippen LogP contribution in [-0.2, 0) is 26.2 Å². The Morgan fingerprint density at radius 1 is 1.05 bits per heavy atom. The number of amides is 2. The van der Waals surface area contributed by atoms with Crippen LogP contribution in [0, 0.1) is 6.92 Å². The molecule has 0 spiro atoms. The van der Waals surface area contributed by atoms with Crippen molar-refractivity contribution in [3.63, 3.8) is 0 Å². The Bertz CT molecular complexity index is 1260. The Labute approximate surface area is 225 Å². The van der Waals surface area contributed by atoms with E-state index in [1.807, 2.05) is 38.1 Å². The molecule has 1 heterocycles. The molecular formula is C28H37N3O6S. The minimum atomic E-state index is -3.83. The molecule has 2 aromatic carbocycles. The molecule has 206 valence electrons. The summed E-state index contributed by atoms with van der Waals surface area (Å²) in [5, 5.41) is 3.15. The van der Waals surface area contributed by atoms with E-state index in [9.17, 15) is 18.0 Å². The zero-order chi connectivity index (χ0) is 27.3. The molecule has 1 aliphatic heterocycles. The van der Waals surface area contributed by atoms with Crippen molar-refractivity contribution in [3.8, 4) is 11.5 Å². The Morgan fingerprint density at radius 2 is 1.79 bits per heavy atom. The second-order valence-corrected chi connectivity index (χ2v) is 12.0. The predicted octanol–water partition coefficient (Wildman–Crippen LogP) is 3.75. The zero-order valence-electron chi connectivity index (χ0n) is 22.3. The van der Waals surface area contributed by atoms with Crippen LogP contribution in [0.5, 0.6) is 11.5 Å². The third-order valence-electron chi connectivity index (χ3n) is 7.10. The molecule has 1 atom stereocenters. The molecule has 1 unspecified atom stereocenters. The highest BCUT2D eigenvalue weighted by atomic mass is 32.2. The quantitative estimate of drug-likeness (QED) is 0.490. The van der Waals surface area contributed by atoms with E-state index in [0.29, 0.717) is 23.6 Å². The molecule has 2 aliphatic rings. The Hall–Kier alpha value is -3.27. The summed E-state index contributed by atoms with van der Waals surface area (Å²) in [6.07, 6.45) is 6.64. The van der Waals surface area contributed by atoms with E-state index in [-0.39, 0.29) is 25.3 Å². The molecule has 38 heavy (non-hydrogen) atoms. The fourth-order valence-electron chi connectivity index (χ4n) is 5.13. The first-order valence-electron chi connectivity index (χ1n) is 13.2. The largest absolute Gasteiger partial charge is 0.454 e. The summed E-state index contributed by atoms with van der Waals surface area (Å²) in [5.41, 5.74) is 2.20. The zero-order valence-corrected chi connectivity index (χ0v) is 23.1. The van der Waals surface area contributed by atoms with Crippen LogP contribution in [0.2, 0.25) is 0 Å². The fourth-order valence-corrected chi connectivity index (χ4v) is 5.97. The van der Waals surface area contributed by atoms with Crippen LogP contribution in [0.1, 0.15) is 56.6 Å². The van der Waals surface area contributed by atoms with Crippen LogP contribution in [0.25, 0.3) is 0 Å². The lowest BCUT2D eigenvalue weighted by Gasteiger charge is -2.34. The predicted molar refractivity (Wildman–Crippen MR) is 146 cm³/mol. The van der Waals surface area contributed by atoms with Gasteiger partial charge < -0.3 is 19.7 Å². The molecule has 2 amide bonds. The first-order chi connectivity index (χ1) is 18.2. The first-order valence-corrected chi connectivity index (χ1v) is 15.0. The molecule has 0 radical (unpaired) electrons. The summed E-state index contributed by atoms with van der Waals surface area (Å²) in [6, 6.07) is 11.9. The maximum Gasteiger partial charge on any atom is 0.244 e. The van der Waals surface area contributed by atoms with Gasteiger partial charge in [-0.1, -0.05) is 56.0 Å². The lowest BCUT2D eigenvalue weighted by molar-refractivity contribution is -0.140. The number of hydrogen-bond donors (Lipinski definition) is 1. The number of anilines is 1. The van der Waals surface area contributed by atoms with Gasteiger partial charge in [0.1, 0.15) is 12.6 Å². The molecule has 9 nitrogen and oxygen atoms in total. The number of benzene rings is 2. The Morgan fingerprint density at radius 3 is 2.47 bits per heavy atom. The van der Waals surface area contributed by atoms with Gasteiger partial charge in [-0.25, -0.2) is 8.42 Å². The maximum absolute atomic E-state index is 13.9. The van der Waals surface area contributed by atoms with Crippen molar-refractivity contribution >= 4 is 27.5 Å². The normalized spacial score (nSPS) is 16.1. The number of sulfonamides is 1. The first kappa shape index (κ1) is 27.8. The minimum absolute atomic E-state index is 0.0507. The molecule has 1 N–H and O–H groups in total. The van der Waals surface area contributed by atoms with Gasteiger partial charge >= 0.3 is 0 Å². The number of fused-ring (bicyclic) bond motifs is 1. The van der Waals surface area contributed by atoms with Gasteiger partial charge in [0.2, 0.25) is 28.6 Å². The standard InChI is InChI=1S/C28H37N3O6S/c1-4-24(28(33)29-22-11-6-5-7-12-22)30(17-21-10-8-9-20(2)15-21)27(32)18-31(38(3,34)35)23-13-14-25-26(16-23)37-19-36-25/h8-10,13-16,22,24H,4-7,11-12,17-19H2,1-3H3,(H,29,33). The Kier molecular flexibility index (Phi) is 8.81. The number of carbonyl (C=O) groups is 2. The van der Waals surface area contributed by atoms with Gasteiger partial charge in [0.05, 0.1) is 11.9 Å². The van der Waals surface area contributed by atoms with E-state index < -0.39 is 28.5 Å². The average Bonchev–Trinajstić information content (AvgIpc) is 3.35. The molecule has 10 heteroatoms. The van der Waals surface area contributed by atoms with Crippen LogP contribution in [0.15, 0.2) is 42.5 Å². The smallest absolute Gasteiger partial charge is 0.244 e. The summed E-state index contributed by atoms with van der Waals surface area (Å²) in [7, 11) is -3.83. The van der Waals surface area contributed by atoms with Crippen LogP contribution in [-0.4, -0.2) is 56.8 Å². The van der Waals surface area contributed by atoms with Crippen LogP contribution in [0.3, 0.4) is 0 Å². The fraction of sp³-hybridized carbons (Fsp3) is 0.500. The van der Waals surface area contributed by atoms with E-state index in [0.717, 1.165) is 47.4 Å². The van der Waals surface area contributed by atoms with Gasteiger partial charge in [-0.05, 0) is 43.9 Å². The van der Waals surface area contributed by atoms with Crippen molar-refractivity contribution in [1.82, 2.24) is 10.2 Å². The van der Waals surface area contributed by atoms with Crippen molar-refractivity contribution in [2.24, 2.45) is 0 Å².